The molecule has 0 heterocycles. The third-order valence-electron chi connectivity index (χ3n) is 2.96. The van der Waals surface area contributed by atoms with Crippen molar-refractivity contribution in [2.45, 2.75) is 10.6 Å². The molecule has 2 aromatic carbocycles. The van der Waals surface area contributed by atoms with Crippen LogP contribution in [0, 0.1) is 10.1 Å². The van der Waals surface area contributed by atoms with E-state index in [1.807, 2.05) is 24.3 Å². The number of thioether (sulfide) groups is 1. The van der Waals surface area contributed by atoms with Crippen LogP contribution in [0.5, 0.6) is 5.75 Å². The molecule has 0 spiro atoms. The number of nitro groups is 1. The maximum absolute atomic E-state index is 11.2. The lowest BCUT2D eigenvalue weighted by Crippen LogP contribution is -2.00. The van der Waals surface area contributed by atoms with Crippen LogP contribution >= 0.6 is 11.8 Å². The smallest absolute Gasteiger partial charge is 0.337 e. The van der Waals surface area contributed by atoms with Crippen molar-refractivity contribution in [2.75, 3.05) is 7.11 Å². The summed E-state index contributed by atoms with van der Waals surface area (Å²) in [5.74, 6) is 0.124. The zero-order valence-electron chi connectivity index (χ0n) is 11.7. The van der Waals surface area contributed by atoms with Gasteiger partial charge in [-0.25, -0.2) is 4.79 Å². The van der Waals surface area contributed by atoms with E-state index in [4.69, 9.17) is 4.74 Å². The minimum Gasteiger partial charge on any atom is -0.497 e. The highest BCUT2D eigenvalue weighted by atomic mass is 32.2. The van der Waals surface area contributed by atoms with Gasteiger partial charge in [0.25, 0.3) is 5.69 Å². The molecule has 2 aromatic rings. The molecule has 0 aliphatic heterocycles. The second kappa shape index (κ2) is 6.95. The minimum atomic E-state index is -1.18. The Labute approximate surface area is 130 Å². The number of non-ortho nitro benzene ring substituents is 1. The Morgan fingerprint density at radius 1 is 1.27 bits per heavy atom. The molecular formula is C15H13NO5S. The topological polar surface area (TPSA) is 89.7 Å². The fraction of sp³-hybridized carbons (Fsp3) is 0.133. The summed E-state index contributed by atoms with van der Waals surface area (Å²) in [6.45, 7) is 0. The number of carbonyl (C=O) groups is 1. The number of nitrogens with zero attached hydrogens (tertiary/aromatic N) is 1. The maximum atomic E-state index is 11.2. The molecule has 0 aliphatic carbocycles. The number of ether oxygens (including phenoxy) is 1. The van der Waals surface area contributed by atoms with Gasteiger partial charge in [-0.15, -0.1) is 11.8 Å². The predicted molar refractivity (Wildman–Crippen MR) is 82.6 cm³/mol. The number of aromatic carboxylic acids is 1. The van der Waals surface area contributed by atoms with Gasteiger partial charge in [0, 0.05) is 22.8 Å². The number of methoxy groups -OCH3 is 1. The van der Waals surface area contributed by atoms with Crippen molar-refractivity contribution in [2.24, 2.45) is 0 Å². The summed E-state index contributed by atoms with van der Waals surface area (Å²) in [5, 5.41) is 19.9. The van der Waals surface area contributed by atoms with Crippen LogP contribution in [0.15, 0.2) is 47.4 Å². The minimum absolute atomic E-state index is 0.0623. The average Bonchev–Trinajstić information content (AvgIpc) is 2.53. The van der Waals surface area contributed by atoms with E-state index in [0.717, 1.165) is 17.4 Å². The van der Waals surface area contributed by atoms with Gasteiger partial charge in [0.2, 0.25) is 0 Å². The van der Waals surface area contributed by atoms with Crippen molar-refractivity contribution in [3.63, 3.8) is 0 Å². The second-order valence-electron chi connectivity index (χ2n) is 4.38. The summed E-state index contributed by atoms with van der Waals surface area (Å²) >= 11 is 1.32. The van der Waals surface area contributed by atoms with Crippen LogP contribution in [0.1, 0.15) is 15.9 Å². The quantitative estimate of drug-likeness (QED) is 0.497. The first-order chi connectivity index (χ1) is 10.5. The number of carboxylic acid groups (broad SMARTS) is 1. The first-order valence-electron chi connectivity index (χ1n) is 6.28. The monoisotopic (exact) mass is 319 g/mol. The molecule has 0 bridgehead atoms. The highest BCUT2D eigenvalue weighted by Crippen LogP contribution is 2.29. The molecule has 0 radical (unpaired) electrons. The van der Waals surface area contributed by atoms with Gasteiger partial charge in [-0.3, -0.25) is 10.1 Å². The summed E-state index contributed by atoms with van der Waals surface area (Å²) < 4.78 is 5.07. The number of carboxylic acids is 1. The maximum Gasteiger partial charge on any atom is 0.337 e. The molecule has 7 heteroatoms. The van der Waals surface area contributed by atoms with Crippen LogP contribution in [0.25, 0.3) is 0 Å². The first kappa shape index (κ1) is 15.8. The molecular weight excluding hydrogens is 306 g/mol. The van der Waals surface area contributed by atoms with E-state index in [0.29, 0.717) is 10.6 Å². The van der Waals surface area contributed by atoms with E-state index in [-0.39, 0.29) is 11.3 Å². The van der Waals surface area contributed by atoms with Gasteiger partial charge in [-0.1, -0.05) is 12.1 Å². The van der Waals surface area contributed by atoms with E-state index in [1.54, 1.807) is 7.11 Å². The first-order valence-corrected chi connectivity index (χ1v) is 7.27. The summed E-state index contributed by atoms with van der Waals surface area (Å²) in [7, 11) is 1.58. The van der Waals surface area contributed by atoms with Crippen molar-refractivity contribution in [1.29, 1.82) is 0 Å². The Morgan fingerprint density at radius 3 is 2.50 bits per heavy atom. The third kappa shape index (κ3) is 3.76. The van der Waals surface area contributed by atoms with Crippen LogP contribution in [0.3, 0.4) is 0 Å². The molecule has 0 unspecified atom stereocenters. The van der Waals surface area contributed by atoms with Crippen LogP contribution < -0.4 is 4.74 Å². The highest BCUT2D eigenvalue weighted by molar-refractivity contribution is 7.98. The third-order valence-corrected chi connectivity index (χ3v) is 4.10. The van der Waals surface area contributed by atoms with Gasteiger partial charge in [0.15, 0.2) is 0 Å². The zero-order chi connectivity index (χ0) is 16.1. The van der Waals surface area contributed by atoms with Gasteiger partial charge in [0.1, 0.15) is 5.75 Å². The molecule has 0 aromatic heterocycles. The lowest BCUT2D eigenvalue weighted by Gasteiger charge is -2.07. The molecule has 6 nitrogen and oxygen atoms in total. The fourth-order valence-corrected chi connectivity index (χ4v) is 2.79. The number of nitro benzene ring substituents is 1. The number of hydrogen-bond donors (Lipinski definition) is 1. The van der Waals surface area contributed by atoms with Crippen LogP contribution in [-0.2, 0) is 5.75 Å². The van der Waals surface area contributed by atoms with Crippen LogP contribution in [0.2, 0.25) is 0 Å². The van der Waals surface area contributed by atoms with Crippen LogP contribution in [0.4, 0.5) is 5.69 Å². The summed E-state index contributed by atoms with van der Waals surface area (Å²) in [6, 6.07) is 11.3. The van der Waals surface area contributed by atoms with Crippen molar-refractivity contribution in [1.82, 2.24) is 0 Å². The molecule has 0 aliphatic rings. The van der Waals surface area contributed by atoms with E-state index in [2.05, 4.69) is 0 Å². The van der Waals surface area contributed by atoms with Gasteiger partial charge >= 0.3 is 5.97 Å². The number of hydrogen-bond acceptors (Lipinski definition) is 5. The van der Waals surface area contributed by atoms with Crippen molar-refractivity contribution >= 4 is 23.4 Å². The second-order valence-corrected chi connectivity index (χ2v) is 5.40. The van der Waals surface area contributed by atoms with Crippen molar-refractivity contribution < 1.29 is 19.6 Å². The molecule has 0 amide bonds. The summed E-state index contributed by atoms with van der Waals surface area (Å²) in [4.78, 5) is 21.8. The molecule has 0 atom stereocenters. The Kier molecular flexibility index (Phi) is 5.00. The van der Waals surface area contributed by atoms with E-state index < -0.39 is 10.9 Å². The van der Waals surface area contributed by atoms with Gasteiger partial charge in [0.05, 0.1) is 17.6 Å². The molecule has 0 saturated heterocycles. The predicted octanol–water partition coefficient (Wildman–Crippen LogP) is 3.59. The van der Waals surface area contributed by atoms with E-state index in [1.165, 1.54) is 23.9 Å². The SMILES string of the molecule is COc1ccc(CSc2ccc([N+](=O)[O-])cc2C(=O)O)cc1. The van der Waals surface area contributed by atoms with Crippen molar-refractivity contribution in [3.8, 4) is 5.75 Å². The number of benzene rings is 2. The Balaban J connectivity index is 2.17. The van der Waals surface area contributed by atoms with Gasteiger partial charge in [-0.05, 0) is 23.8 Å². The molecule has 1 N–H and O–H groups in total. The summed E-state index contributed by atoms with van der Waals surface area (Å²) in [6.07, 6.45) is 0. The molecule has 2 rings (SSSR count). The molecule has 0 saturated carbocycles. The molecule has 114 valence electrons. The standard InChI is InChI=1S/C15H13NO5S/c1-21-12-5-2-10(3-6-12)9-22-14-7-4-11(16(19)20)8-13(14)15(17)18/h2-8H,9H2,1H3,(H,17,18). The molecule has 22 heavy (non-hydrogen) atoms. The highest BCUT2D eigenvalue weighted by Gasteiger charge is 2.16. The Morgan fingerprint density at radius 2 is 1.95 bits per heavy atom. The van der Waals surface area contributed by atoms with E-state index in [9.17, 15) is 20.0 Å². The molecule has 0 fully saturated rings. The lowest BCUT2D eigenvalue weighted by molar-refractivity contribution is -0.384. The normalized spacial score (nSPS) is 10.2. The average molecular weight is 319 g/mol. The van der Waals surface area contributed by atoms with Gasteiger partial charge in [-0.2, -0.15) is 0 Å². The fourth-order valence-electron chi connectivity index (χ4n) is 1.81. The zero-order valence-corrected chi connectivity index (χ0v) is 12.5. The van der Waals surface area contributed by atoms with Crippen LogP contribution in [-0.4, -0.2) is 23.1 Å². The van der Waals surface area contributed by atoms with E-state index >= 15 is 0 Å². The largest absolute Gasteiger partial charge is 0.497 e. The van der Waals surface area contributed by atoms with Crippen molar-refractivity contribution in [3.05, 3.63) is 63.7 Å². The Bertz CT molecular complexity index is 700. The number of rotatable bonds is 6. The lowest BCUT2D eigenvalue weighted by atomic mass is 10.2. The van der Waals surface area contributed by atoms with Gasteiger partial charge < -0.3 is 9.84 Å². The summed E-state index contributed by atoms with van der Waals surface area (Å²) in [5.41, 5.74) is 0.708. The Hall–Kier alpha value is -2.54.